The lowest BCUT2D eigenvalue weighted by Crippen LogP contribution is -2.18. The Hall–Kier alpha value is -2.44. The number of carbonyl (C=O) groups is 1. The molecule has 0 aliphatic carbocycles. The molecule has 0 aliphatic rings. The SMILES string of the molecule is C=C/C(=C\C=C(/C)C(=O)N/N=C/Cc1cc(Br)c(O)c(Br)c1)c1ccccc1.CC. The number of nitrogens with one attached hydrogen (secondary N) is 1. The van der Waals surface area contributed by atoms with E-state index in [-0.39, 0.29) is 11.7 Å². The first kappa shape index (κ1) is 25.6. The van der Waals surface area contributed by atoms with Gasteiger partial charge in [0.05, 0.1) is 8.95 Å². The number of aromatic hydroxyl groups is 1. The molecule has 0 heterocycles. The summed E-state index contributed by atoms with van der Waals surface area (Å²) in [6.45, 7) is 9.55. The third-order valence-corrected chi connectivity index (χ3v) is 5.07. The number of nitrogens with zero attached hydrogens (tertiary/aromatic N) is 1. The van der Waals surface area contributed by atoms with Gasteiger partial charge in [0, 0.05) is 18.2 Å². The van der Waals surface area contributed by atoms with E-state index in [0.29, 0.717) is 20.9 Å². The van der Waals surface area contributed by atoms with Gasteiger partial charge in [0.15, 0.2) is 0 Å². The minimum atomic E-state index is -0.281. The predicted octanol–water partition coefficient (Wildman–Crippen LogP) is 6.80. The molecule has 0 radical (unpaired) electrons. The van der Waals surface area contributed by atoms with E-state index in [2.05, 4.69) is 49.0 Å². The van der Waals surface area contributed by atoms with Gasteiger partial charge in [-0.2, -0.15) is 5.10 Å². The van der Waals surface area contributed by atoms with Gasteiger partial charge in [0.25, 0.3) is 5.91 Å². The Morgan fingerprint density at radius 2 is 1.73 bits per heavy atom. The van der Waals surface area contributed by atoms with Crippen molar-refractivity contribution in [3.05, 3.63) is 92.9 Å². The van der Waals surface area contributed by atoms with Crippen molar-refractivity contribution >= 4 is 49.6 Å². The van der Waals surface area contributed by atoms with Crippen LogP contribution in [0.25, 0.3) is 5.57 Å². The molecule has 0 spiro atoms. The van der Waals surface area contributed by atoms with Crippen molar-refractivity contribution in [2.24, 2.45) is 5.10 Å². The van der Waals surface area contributed by atoms with Crippen molar-refractivity contribution in [1.82, 2.24) is 5.43 Å². The number of rotatable bonds is 7. The molecule has 4 nitrogen and oxygen atoms in total. The summed E-state index contributed by atoms with van der Waals surface area (Å²) in [6.07, 6.45) is 7.46. The summed E-state index contributed by atoms with van der Waals surface area (Å²) >= 11 is 6.57. The van der Waals surface area contributed by atoms with Crippen LogP contribution in [0.15, 0.2) is 86.9 Å². The molecular formula is C24H26Br2N2O2. The highest BCUT2D eigenvalue weighted by Gasteiger charge is 2.05. The number of hydrogen-bond donors (Lipinski definition) is 2. The lowest BCUT2D eigenvalue weighted by atomic mass is 10.1. The van der Waals surface area contributed by atoms with Crippen LogP contribution < -0.4 is 5.43 Å². The zero-order chi connectivity index (χ0) is 22.5. The summed E-state index contributed by atoms with van der Waals surface area (Å²) in [7, 11) is 0. The van der Waals surface area contributed by atoms with Crippen LogP contribution in [0.4, 0.5) is 0 Å². The molecule has 1 amide bonds. The van der Waals surface area contributed by atoms with E-state index in [1.165, 1.54) is 0 Å². The number of hydrazone groups is 1. The maximum absolute atomic E-state index is 12.1. The van der Waals surface area contributed by atoms with Crippen LogP contribution in [0.3, 0.4) is 0 Å². The highest BCUT2D eigenvalue weighted by Crippen LogP contribution is 2.33. The summed E-state index contributed by atoms with van der Waals surface area (Å²) in [5.74, 6) is -0.130. The van der Waals surface area contributed by atoms with E-state index >= 15 is 0 Å². The average Bonchev–Trinajstić information content (AvgIpc) is 2.77. The van der Waals surface area contributed by atoms with E-state index in [1.54, 1.807) is 37.4 Å². The number of phenols is 1. The standard InChI is InChI=1S/C22H20Br2N2O2.C2H6/c1-3-17(18-7-5-4-6-8-18)10-9-15(2)22(28)26-25-12-11-16-13-19(23)21(27)20(24)14-16;1-2/h3-10,12-14,27H,1,11H2,2H3,(H,26,28);1-2H3/b15-9+,17-10+,25-12+;. The molecule has 2 N–H and O–H groups in total. The van der Waals surface area contributed by atoms with Gasteiger partial charge in [-0.05, 0) is 67.6 Å². The summed E-state index contributed by atoms with van der Waals surface area (Å²) in [4.78, 5) is 12.1. The van der Waals surface area contributed by atoms with Crippen LogP contribution >= 0.6 is 31.9 Å². The Bertz CT molecular complexity index is 926. The predicted molar refractivity (Wildman–Crippen MR) is 134 cm³/mol. The minimum absolute atomic E-state index is 0.150. The van der Waals surface area contributed by atoms with Gasteiger partial charge in [-0.1, -0.05) is 69.0 Å². The molecule has 6 heteroatoms. The third-order valence-electron chi connectivity index (χ3n) is 3.86. The van der Waals surface area contributed by atoms with Crippen molar-refractivity contribution in [2.75, 3.05) is 0 Å². The number of carbonyl (C=O) groups excluding carboxylic acids is 1. The van der Waals surface area contributed by atoms with Crippen LogP contribution in [-0.2, 0) is 11.2 Å². The van der Waals surface area contributed by atoms with Crippen LogP contribution in [-0.4, -0.2) is 17.2 Å². The molecule has 0 saturated carbocycles. The molecule has 0 atom stereocenters. The third kappa shape index (κ3) is 8.13. The monoisotopic (exact) mass is 532 g/mol. The molecular weight excluding hydrogens is 508 g/mol. The maximum atomic E-state index is 12.1. The smallest absolute Gasteiger partial charge is 0.266 e. The number of hydrogen-bond acceptors (Lipinski definition) is 3. The lowest BCUT2D eigenvalue weighted by molar-refractivity contribution is -0.117. The number of phenolic OH excluding ortho intramolecular Hbond substituents is 1. The number of allylic oxidation sites excluding steroid dienone is 4. The Morgan fingerprint density at radius 3 is 2.30 bits per heavy atom. The highest BCUT2D eigenvalue weighted by molar-refractivity contribution is 9.11. The fraction of sp³-hybridized carbons (Fsp3) is 0.167. The van der Waals surface area contributed by atoms with Crippen LogP contribution in [0.5, 0.6) is 5.75 Å². The summed E-state index contributed by atoms with van der Waals surface area (Å²) in [5, 5.41) is 13.7. The summed E-state index contributed by atoms with van der Waals surface area (Å²) in [5.41, 5.74) is 5.94. The van der Waals surface area contributed by atoms with Gasteiger partial charge in [0.2, 0.25) is 0 Å². The number of amides is 1. The largest absolute Gasteiger partial charge is 0.506 e. The molecule has 0 unspecified atom stereocenters. The molecule has 2 aromatic rings. The van der Waals surface area contributed by atoms with E-state index in [1.807, 2.05) is 50.3 Å². The van der Waals surface area contributed by atoms with Gasteiger partial charge < -0.3 is 5.11 Å². The molecule has 2 aromatic carbocycles. The van der Waals surface area contributed by atoms with Crippen LogP contribution in [0.1, 0.15) is 31.9 Å². The normalized spacial score (nSPS) is 11.6. The number of benzene rings is 2. The molecule has 2 rings (SSSR count). The molecule has 30 heavy (non-hydrogen) atoms. The maximum Gasteiger partial charge on any atom is 0.266 e. The second kappa shape index (κ2) is 13.7. The van der Waals surface area contributed by atoms with Crippen molar-refractivity contribution in [1.29, 1.82) is 0 Å². The summed E-state index contributed by atoms with van der Waals surface area (Å²) in [6, 6.07) is 13.4. The fourth-order valence-electron chi connectivity index (χ4n) is 2.28. The molecule has 0 saturated heterocycles. The first-order chi connectivity index (χ1) is 14.4. The molecule has 0 bridgehead atoms. The second-order valence-corrected chi connectivity index (χ2v) is 7.62. The van der Waals surface area contributed by atoms with Gasteiger partial charge >= 0.3 is 0 Å². The quantitative estimate of drug-likeness (QED) is 0.178. The topological polar surface area (TPSA) is 61.7 Å². The second-order valence-electron chi connectivity index (χ2n) is 5.91. The van der Waals surface area contributed by atoms with Gasteiger partial charge in [0.1, 0.15) is 5.75 Å². The molecule has 0 aliphatic heterocycles. The lowest BCUT2D eigenvalue weighted by Gasteiger charge is -2.04. The van der Waals surface area contributed by atoms with E-state index in [9.17, 15) is 9.90 Å². The zero-order valence-electron chi connectivity index (χ0n) is 17.3. The minimum Gasteiger partial charge on any atom is -0.506 e. The Labute approximate surface area is 195 Å². The fourth-order valence-corrected chi connectivity index (χ4v) is 3.56. The Morgan fingerprint density at radius 1 is 1.13 bits per heavy atom. The van der Waals surface area contributed by atoms with Crippen molar-refractivity contribution in [3.8, 4) is 5.75 Å². The highest BCUT2D eigenvalue weighted by atomic mass is 79.9. The molecule has 158 valence electrons. The molecule has 0 fully saturated rings. The van der Waals surface area contributed by atoms with Crippen LogP contribution in [0.2, 0.25) is 0 Å². The first-order valence-electron chi connectivity index (χ1n) is 9.47. The van der Waals surface area contributed by atoms with E-state index < -0.39 is 0 Å². The molecule has 0 aromatic heterocycles. The van der Waals surface area contributed by atoms with E-state index in [4.69, 9.17) is 0 Å². The average molecular weight is 534 g/mol. The van der Waals surface area contributed by atoms with E-state index in [0.717, 1.165) is 16.7 Å². The van der Waals surface area contributed by atoms with Gasteiger partial charge in [-0.25, -0.2) is 5.43 Å². The van der Waals surface area contributed by atoms with Crippen molar-refractivity contribution < 1.29 is 9.90 Å². The first-order valence-corrected chi connectivity index (χ1v) is 11.1. The van der Waals surface area contributed by atoms with Gasteiger partial charge in [-0.3, -0.25) is 4.79 Å². The zero-order valence-corrected chi connectivity index (χ0v) is 20.5. The van der Waals surface area contributed by atoms with Crippen LogP contribution in [0, 0.1) is 0 Å². The van der Waals surface area contributed by atoms with Crippen molar-refractivity contribution in [2.45, 2.75) is 27.2 Å². The Balaban J connectivity index is 0.00000218. The van der Waals surface area contributed by atoms with Gasteiger partial charge in [-0.15, -0.1) is 0 Å². The van der Waals surface area contributed by atoms with Crippen molar-refractivity contribution in [3.63, 3.8) is 0 Å². The number of halogens is 2. The Kier molecular flexibility index (Phi) is 11.7. The summed E-state index contributed by atoms with van der Waals surface area (Å²) < 4.78 is 1.19.